The maximum absolute atomic E-state index is 16.3. The number of hydrogen-bond donors (Lipinski definition) is 0. The van der Waals surface area contributed by atoms with Gasteiger partial charge in [0.1, 0.15) is 7.14 Å². The van der Waals surface area contributed by atoms with Crippen LogP contribution in [0.15, 0.2) is 168 Å². The molecule has 2 aliphatic rings. The third kappa shape index (κ3) is 7.43. The van der Waals surface area contributed by atoms with Gasteiger partial charge in [-0.15, -0.1) is 0 Å². The summed E-state index contributed by atoms with van der Waals surface area (Å²) in [5, 5.41) is 25.0. The molecule has 332 valence electrons. The Hall–Kier alpha value is -4.72. The van der Waals surface area contributed by atoms with Crippen molar-refractivity contribution in [1.29, 1.82) is 0 Å². The average Bonchev–Trinajstić information content (AvgIpc) is 3.37. The normalized spacial score (nSPS) is 15.7. The van der Waals surface area contributed by atoms with Gasteiger partial charge in [0.15, 0.2) is 0 Å². The molecule has 0 aromatic heterocycles. The smallest absolute Gasteiger partial charge is 0.256 e. The topological polar surface area (TPSA) is 34.1 Å². The van der Waals surface area contributed by atoms with Gasteiger partial charge in [-0.05, 0) is 163 Å². The van der Waals surface area contributed by atoms with Crippen LogP contribution in [0.5, 0.6) is 0 Å². The molecule has 14 rings (SSSR count). The second kappa shape index (κ2) is 17.4. The lowest BCUT2D eigenvalue weighted by Crippen LogP contribution is -2.28. The third-order valence-electron chi connectivity index (χ3n) is 15.3. The molecule has 7 heteroatoms. The zero-order valence-electron chi connectivity index (χ0n) is 37.2. The Kier molecular flexibility index (Phi) is 11.3. The van der Waals surface area contributed by atoms with Gasteiger partial charge < -0.3 is 4.57 Å². The standard InChI is InChI=1S/C38H29OP.C16H9Br.C6H11Cl2OP/c39-40(30-10-2-1-3-11-30,33-22-18-28-14-12-24-6-4-8-26-16-20-31(33)37(28)35(24)26)34-23-19-29-15-13-25-7-5-9-27-17-21-32(34)38(29)36(25)27;17-14-9-7-12-5-4-10-2-1-3-11-6-8-13(14)16(12)15(10)11;7-10(8,9)6-4-2-1-3-5-6/h4-9,12-23,30H,1-3,10-11H2;1-9H;6H,1-5H2. The summed E-state index contributed by atoms with van der Waals surface area (Å²) in [5.41, 5.74) is 0.253. The lowest BCUT2D eigenvalue weighted by Gasteiger charge is -2.33. The minimum atomic E-state index is -3.02. The monoisotopic (exact) mass is 1010 g/mol. The van der Waals surface area contributed by atoms with Crippen LogP contribution < -0.4 is 10.6 Å². The summed E-state index contributed by atoms with van der Waals surface area (Å²) in [6.45, 7) is 0. The molecule has 2 nitrogen and oxygen atoms in total. The summed E-state index contributed by atoms with van der Waals surface area (Å²) in [6, 6.07) is 59.5. The second-order valence-corrected chi connectivity index (χ2v) is 28.2. The van der Waals surface area contributed by atoms with Crippen molar-refractivity contribution in [3.8, 4) is 0 Å². The highest BCUT2D eigenvalue weighted by molar-refractivity contribution is 9.10. The molecule has 0 bridgehead atoms. The van der Waals surface area contributed by atoms with Crippen LogP contribution in [0.4, 0.5) is 0 Å². The van der Waals surface area contributed by atoms with Crippen molar-refractivity contribution in [2.75, 3.05) is 0 Å². The molecule has 0 aliphatic heterocycles. The molecule has 12 aromatic rings. The summed E-state index contributed by atoms with van der Waals surface area (Å²) in [6.07, 6.45) is 11.0. The minimum absolute atomic E-state index is 0.0876. The van der Waals surface area contributed by atoms with Gasteiger partial charge in [-0.3, -0.25) is 4.57 Å². The first-order valence-corrected chi connectivity index (χ1v) is 30.1. The first-order valence-electron chi connectivity index (χ1n) is 23.9. The Morgan fingerprint density at radius 2 is 0.642 bits per heavy atom. The van der Waals surface area contributed by atoms with E-state index in [1.165, 1.54) is 114 Å². The minimum Gasteiger partial charge on any atom is -0.313 e. The molecular weight excluding hydrogens is 965 g/mol. The molecule has 0 atom stereocenters. The van der Waals surface area contributed by atoms with Crippen LogP contribution in [0.25, 0.3) is 97.0 Å². The molecule has 2 fully saturated rings. The van der Waals surface area contributed by atoms with E-state index in [1.807, 2.05) is 0 Å². The van der Waals surface area contributed by atoms with Crippen LogP contribution in [0, 0.1) is 0 Å². The lowest BCUT2D eigenvalue weighted by molar-refractivity contribution is 0.490. The zero-order chi connectivity index (χ0) is 45.4. The number of halogens is 3. The fourth-order valence-corrected chi connectivity index (χ4v) is 18.5. The SMILES string of the molecule is Brc1ccc2ccc3cccc4ccc1c2c34.O=P(Cl)(Cl)C1CCCCC1.O=P(c1ccc2ccc3cccc4ccc1c2c34)(c1ccc2ccc3cccc4ccc1c2c34)C1CCCCC1. The van der Waals surface area contributed by atoms with E-state index in [0.29, 0.717) is 0 Å². The van der Waals surface area contributed by atoms with Gasteiger partial charge in [0.2, 0.25) is 0 Å². The average molecular weight is 1010 g/mol. The van der Waals surface area contributed by atoms with Gasteiger partial charge >= 0.3 is 0 Å². The maximum atomic E-state index is 16.3. The van der Waals surface area contributed by atoms with Crippen molar-refractivity contribution >= 4 is 159 Å². The first kappa shape index (κ1) is 43.6. The molecule has 2 aliphatic carbocycles. The van der Waals surface area contributed by atoms with Crippen LogP contribution in [-0.4, -0.2) is 11.3 Å². The number of benzene rings is 12. The van der Waals surface area contributed by atoms with E-state index in [9.17, 15) is 4.57 Å². The molecule has 0 N–H and O–H groups in total. The molecule has 0 radical (unpaired) electrons. The van der Waals surface area contributed by atoms with E-state index >= 15 is 4.57 Å². The highest BCUT2D eigenvalue weighted by Crippen LogP contribution is 2.64. The Morgan fingerprint density at radius 3 is 1.01 bits per heavy atom. The van der Waals surface area contributed by atoms with Gasteiger partial charge in [-0.2, -0.15) is 0 Å². The highest BCUT2D eigenvalue weighted by Gasteiger charge is 2.40. The fraction of sp³-hybridized carbons (Fsp3) is 0.200. The highest BCUT2D eigenvalue weighted by atomic mass is 79.9. The Morgan fingerprint density at radius 1 is 0.343 bits per heavy atom. The molecule has 0 unspecified atom stereocenters. The summed E-state index contributed by atoms with van der Waals surface area (Å²) in [5.74, 6) is -2.80. The largest absolute Gasteiger partial charge is 0.313 e. The lowest BCUT2D eigenvalue weighted by atomic mass is 9.94. The van der Waals surface area contributed by atoms with Crippen molar-refractivity contribution in [1.82, 2.24) is 0 Å². The summed E-state index contributed by atoms with van der Waals surface area (Å²) in [7, 11) is -3.02. The van der Waals surface area contributed by atoms with Gasteiger partial charge in [0.05, 0.1) is 0 Å². The molecule has 0 saturated heterocycles. The molecule has 12 aromatic carbocycles. The van der Waals surface area contributed by atoms with Crippen molar-refractivity contribution in [3.05, 3.63) is 168 Å². The third-order valence-corrected chi connectivity index (χ3v) is 22.8. The van der Waals surface area contributed by atoms with Crippen LogP contribution >= 0.6 is 51.4 Å². The molecular formula is C60H49BrCl2O2P2. The van der Waals surface area contributed by atoms with Gasteiger partial charge in [0.25, 0.3) is 5.85 Å². The summed E-state index contributed by atoms with van der Waals surface area (Å²) >= 11 is 14.7. The summed E-state index contributed by atoms with van der Waals surface area (Å²) < 4.78 is 28.5. The first-order chi connectivity index (χ1) is 32.7. The van der Waals surface area contributed by atoms with Crippen molar-refractivity contribution < 1.29 is 9.13 Å². The van der Waals surface area contributed by atoms with E-state index < -0.39 is 13.0 Å². The molecule has 0 amide bonds. The molecule has 0 heterocycles. The van der Waals surface area contributed by atoms with Gasteiger partial charge in [0, 0.05) is 26.4 Å². The van der Waals surface area contributed by atoms with Gasteiger partial charge in [-0.1, -0.05) is 200 Å². The Balaban J connectivity index is 0.000000141. The zero-order valence-corrected chi connectivity index (χ0v) is 42.0. The van der Waals surface area contributed by atoms with E-state index in [4.69, 9.17) is 22.5 Å². The van der Waals surface area contributed by atoms with Gasteiger partial charge in [-0.25, -0.2) is 0 Å². The molecule has 67 heavy (non-hydrogen) atoms. The van der Waals surface area contributed by atoms with Crippen molar-refractivity contribution in [3.63, 3.8) is 0 Å². The second-order valence-electron chi connectivity index (χ2n) is 19.0. The fourth-order valence-electron chi connectivity index (χ4n) is 12.1. The van der Waals surface area contributed by atoms with E-state index in [0.717, 1.165) is 62.0 Å². The van der Waals surface area contributed by atoms with Crippen molar-refractivity contribution in [2.45, 2.75) is 75.5 Å². The quantitative estimate of drug-likeness (QED) is 0.130. The molecule has 0 spiro atoms. The van der Waals surface area contributed by atoms with E-state index in [-0.39, 0.29) is 11.3 Å². The van der Waals surface area contributed by atoms with E-state index in [1.54, 1.807) is 0 Å². The maximum Gasteiger partial charge on any atom is 0.256 e. The van der Waals surface area contributed by atoms with E-state index in [2.05, 4.69) is 180 Å². The van der Waals surface area contributed by atoms with Crippen LogP contribution in [0.2, 0.25) is 0 Å². The van der Waals surface area contributed by atoms with Crippen LogP contribution in [0.1, 0.15) is 64.2 Å². The predicted molar refractivity (Wildman–Crippen MR) is 298 cm³/mol. The Labute approximate surface area is 409 Å². The van der Waals surface area contributed by atoms with Crippen LogP contribution in [-0.2, 0) is 9.13 Å². The number of rotatable bonds is 4. The number of hydrogen-bond acceptors (Lipinski definition) is 2. The van der Waals surface area contributed by atoms with Crippen molar-refractivity contribution in [2.24, 2.45) is 0 Å². The Bertz CT molecular complexity index is 3700. The summed E-state index contributed by atoms with van der Waals surface area (Å²) in [4.78, 5) is 0. The predicted octanol–water partition coefficient (Wildman–Crippen LogP) is 19.5. The van der Waals surface area contributed by atoms with Crippen LogP contribution in [0.3, 0.4) is 0 Å². The molecule has 2 saturated carbocycles.